The molecular weight excluding hydrogens is 356 g/mol. The van der Waals surface area contributed by atoms with E-state index in [1.807, 2.05) is 18.2 Å². The zero-order chi connectivity index (χ0) is 19.9. The summed E-state index contributed by atoms with van der Waals surface area (Å²) >= 11 is 0. The average Bonchev–Trinajstić information content (AvgIpc) is 2.69. The van der Waals surface area contributed by atoms with Gasteiger partial charge in [-0.05, 0) is 56.3 Å². The second-order valence-corrected chi connectivity index (χ2v) is 5.96. The lowest BCUT2D eigenvalue weighted by Gasteiger charge is -2.09. The van der Waals surface area contributed by atoms with Crippen LogP contribution in [0, 0.1) is 6.92 Å². The highest BCUT2D eigenvalue weighted by Crippen LogP contribution is 2.16. The van der Waals surface area contributed by atoms with Gasteiger partial charge in [-0.3, -0.25) is 4.79 Å². The fourth-order valence-electron chi connectivity index (χ4n) is 2.49. The first-order chi connectivity index (χ1) is 13.5. The molecule has 2 N–H and O–H groups in total. The molecule has 0 spiro atoms. The third-order valence-corrected chi connectivity index (χ3v) is 3.77. The van der Waals surface area contributed by atoms with E-state index in [9.17, 15) is 9.59 Å². The molecule has 28 heavy (non-hydrogen) atoms. The minimum atomic E-state index is -0.374. The molecule has 1 amide bonds. The number of amides is 1. The van der Waals surface area contributed by atoms with Gasteiger partial charge >= 0.3 is 5.97 Å². The fraction of sp³-hybridized carbons (Fsp3) is 0.143. The van der Waals surface area contributed by atoms with E-state index in [2.05, 4.69) is 20.6 Å². The van der Waals surface area contributed by atoms with Crippen LogP contribution in [0.25, 0.3) is 0 Å². The van der Waals surface area contributed by atoms with E-state index in [1.165, 1.54) is 0 Å². The zero-order valence-electron chi connectivity index (χ0n) is 15.6. The number of aryl methyl sites for hydroxylation is 1. The van der Waals surface area contributed by atoms with Gasteiger partial charge in [-0.15, -0.1) is 0 Å². The molecule has 3 aromatic rings. The number of carbonyl (C=O) groups is 2. The Hall–Kier alpha value is -3.74. The Labute approximate surface area is 162 Å². The second kappa shape index (κ2) is 8.77. The molecule has 0 radical (unpaired) electrons. The van der Waals surface area contributed by atoms with Crippen LogP contribution in [0.2, 0.25) is 0 Å². The monoisotopic (exact) mass is 376 g/mol. The van der Waals surface area contributed by atoms with Gasteiger partial charge in [-0.25, -0.2) is 14.8 Å². The van der Waals surface area contributed by atoms with Gasteiger partial charge in [0.25, 0.3) is 5.91 Å². The highest BCUT2D eigenvalue weighted by atomic mass is 16.5. The van der Waals surface area contributed by atoms with Gasteiger partial charge in [0, 0.05) is 17.1 Å². The topological polar surface area (TPSA) is 93.2 Å². The highest BCUT2D eigenvalue weighted by molar-refractivity contribution is 6.03. The molecule has 1 aromatic heterocycles. The average molecular weight is 376 g/mol. The molecule has 0 aliphatic carbocycles. The van der Waals surface area contributed by atoms with Gasteiger partial charge in [0.15, 0.2) is 0 Å². The SMILES string of the molecule is CCOC(=O)c1ccc(Nc2nc(C)cc(C(=O)Nc3ccccc3)n2)cc1. The lowest BCUT2D eigenvalue weighted by molar-refractivity contribution is 0.0526. The van der Waals surface area contributed by atoms with Crippen molar-refractivity contribution >= 4 is 29.2 Å². The first-order valence-corrected chi connectivity index (χ1v) is 8.81. The number of nitrogens with zero attached hydrogens (tertiary/aromatic N) is 2. The van der Waals surface area contributed by atoms with E-state index in [0.29, 0.717) is 35.2 Å². The van der Waals surface area contributed by atoms with Gasteiger partial charge in [0.1, 0.15) is 5.69 Å². The molecule has 1 heterocycles. The van der Waals surface area contributed by atoms with Crippen LogP contribution < -0.4 is 10.6 Å². The molecule has 7 nitrogen and oxygen atoms in total. The number of para-hydroxylation sites is 1. The van der Waals surface area contributed by atoms with Gasteiger partial charge in [-0.1, -0.05) is 18.2 Å². The molecule has 0 fully saturated rings. The number of hydrogen-bond acceptors (Lipinski definition) is 6. The number of aromatic nitrogens is 2. The van der Waals surface area contributed by atoms with Crippen molar-refractivity contribution in [2.24, 2.45) is 0 Å². The van der Waals surface area contributed by atoms with E-state index >= 15 is 0 Å². The maximum absolute atomic E-state index is 12.5. The predicted molar refractivity (Wildman–Crippen MR) is 107 cm³/mol. The van der Waals surface area contributed by atoms with Crippen LogP contribution in [0.15, 0.2) is 60.7 Å². The molecule has 0 aliphatic heterocycles. The summed E-state index contributed by atoms with van der Waals surface area (Å²) in [6.07, 6.45) is 0. The van der Waals surface area contributed by atoms with E-state index < -0.39 is 0 Å². The number of carbonyl (C=O) groups excluding carboxylic acids is 2. The smallest absolute Gasteiger partial charge is 0.338 e. The van der Waals surface area contributed by atoms with Crippen LogP contribution in [-0.4, -0.2) is 28.5 Å². The third kappa shape index (κ3) is 4.91. The zero-order valence-corrected chi connectivity index (χ0v) is 15.6. The summed E-state index contributed by atoms with van der Waals surface area (Å²) in [5.41, 5.74) is 2.74. The summed E-state index contributed by atoms with van der Waals surface area (Å²) in [5.74, 6) is -0.403. The number of esters is 1. The van der Waals surface area contributed by atoms with Crippen molar-refractivity contribution in [3.63, 3.8) is 0 Å². The summed E-state index contributed by atoms with van der Waals surface area (Å²) < 4.78 is 4.96. The first-order valence-electron chi connectivity index (χ1n) is 8.81. The van der Waals surface area contributed by atoms with Crippen LogP contribution in [0.3, 0.4) is 0 Å². The molecular formula is C21H20N4O3. The Bertz CT molecular complexity index is 973. The van der Waals surface area contributed by atoms with E-state index in [1.54, 1.807) is 56.3 Å². The molecule has 0 atom stereocenters. The summed E-state index contributed by atoms with van der Waals surface area (Å²) in [6, 6.07) is 17.5. The number of benzene rings is 2. The number of ether oxygens (including phenoxy) is 1. The van der Waals surface area contributed by atoms with Crippen LogP contribution in [-0.2, 0) is 4.74 Å². The summed E-state index contributed by atoms with van der Waals surface area (Å²) in [7, 11) is 0. The summed E-state index contributed by atoms with van der Waals surface area (Å²) in [6.45, 7) is 3.87. The van der Waals surface area contributed by atoms with Crippen molar-refractivity contribution in [2.75, 3.05) is 17.2 Å². The maximum Gasteiger partial charge on any atom is 0.338 e. The molecule has 2 aromatic carbocycles. The maximum atomic E-state index is 12.5. The molecule has 7 heteroatoms. The van der Waals surface area contributed by atoms with Crippen molar-refractivity contribution in [2.45, 2.75) is 13.8 Å². The Balaban J connectivity index is 1.74. The molecule has 0 bridgehead atoms. The minimum Gasteiger partial charge on any atom is -0.462 e. The summed E-state index contributed by atoms with van der Waals surface area (Å²) in [5, 5.41) is 5.85. The van der Waals surface area contributed by atoms with Crippen molar-refractivity contribution in [3.8, 4) is 0 Å². The molecule has 0 aliphatic rings. The van der Waals surface area contributed by atoms with Crippen molar-refractivity contribution < 1.29 is 14.3 Å². The number of nitrogens with one attached hydrogen (secondary N) is 2. The number of anilines is 3. The molecule has 0 saturated carbocycles. The summed E-state index contributed by atoms with van der Waals surface area (Å²) in [4.78, 5) is 32.8. The van der Waals surface area contributed by atoms with E-state index in [-0.39, 0.29) is 17.6 Å². The molecule has 0 saturated heterocycles. The minimum absolute atomic E-state index is 0.252. The number of rotatable bonds is 6. The van der Waals surface area contributed by atoms with E-state index in [4.69, 9.17) is 4.74 Å². The third-order valence-electron chi connectivity index (χ3n) is 3.77. The normalized spacial score (nSPS) is 10.2. The quantitative estimate of drug-likeness (QED) is 0.633. The molecule has 142 valence electrons. The predicted octanol–water partition coefficient (Wildman–Crippen LogP) is 3.96. The Morgan fingerprint density at radius 3 is 2.36 bits per heavy atom. The van der Waals surface area contributed by atoms with Crippen LogP contribution in [0.4, 0.5) is 17.3 Å². The number of hydrogen-bond donors (Lipinski definition) is 2. The van der Waals surface area contributed by atoms with Crippen LogP contribution >= 0.6 is 0 Å². The fourth-order valence-corrected chi connectivity index (χ4v) is 2.49. The van der Waals surface area contributed by atoms with Crippen molar-refractivity contribution in [1.82, 2.24) is 9.97 Å². The Kier molecular flexibility index (Phi) is 5.96. The van der Waals surface area contributed by atoms with Gasteiger partial charge in [0.2, 0.25) is 5.95 Å². The van der Waals surface area contributed by atoms with Gasteiger partial charge in [0.05, 0.1) is 12.2 Å². The molecule has 3 rings (SSSR count). The van der Waals surface area contributed by atoms with Gasteiger partial charge in [-0.2, -0.15) is 0 Å². The van der Waals surface area contributed by atoms with Crippen molar-refractivity contribution in [1.29, 1.82) is 0 Å². The molecule has 0 unspecified atom stereocenters. The lowest BCUT2D eigenvalue weighted by Crippen LogP contribution is -2.15. The van der Waals surface area contributed by atoms with Gasteiger partial charge < -0.3 is 15.4 Å². The van der Waals surface area contributed by atoms with E-state index in [0.717, 1.165) is 0 Å². The van der Waals surface area contributed by atoms with Crippen LogP contribution in [0.1, 0.15) is 33.5 Å². The Morgan fingerprint density at radius 2 is 1.68 bits per heavy atom. The Morgan fingerprint density at radius 1 is 0.964 bits per heavy atom. The largest absolute Gasteiger partial charge is 0.462 e. The second-order valence-electron chi connectivity index (χ2n) is 5.96. The standard InChI is InChI=1S/C21H20N4O3/c1-3-28-20(27)15-9-11-17(12-10-15)24-21-22-14(2)13-18(25-21)19(26)23-16-7-5-4-6-8-16/h4-13H,3H2,1-2H3,(H,23,26)(H,22,24,25). The first kappa shape index (κ1) is 19.0. The van der Waals surface area contributed by atoms with Crippen molar-refractivity contribution in [3.05, 3.63) is 77.6 Å². The highest BCUT2D eigenvalue weighted by Gasteiger charge is 2.12. The van der Waals surface area contributed by atoms with Crippen LogP contribution in [0.5, 0.6) is 0 Å². The lowest BCUT2D eigenvalue weighted by atomic mass is 10.2.